The maximum atomic E-state index is 12.3. The summed E-state index contributed by atoms with van der Waals surface area (Å²) in [6.45, 7) is 6.19. The summed E-state index contributed by atoms with van der Waals surface area (Å²) in [6.07, 6.45) is 1.85. The van der Waals surface area contributed by atoms with Crippen molar-refractivity contribution in [3.05, 3.63) is 64.6 Å². The summed E-state index contributed by atoms with van der Waals surface area (Å²) < 4.78 is 16.3. The number of hydrogen-bond acceptors (Lipinski definition) is 7. The molecule has 0 unspecified atom stereocenters. The zero-order chi connectivity index (χ0) is 21.7. The first kappa shape index (κ1) is 21.6. The molecular formula is C23H26N2O4S. The number of esters is 1. The Morgan fingerprint density at radius 2 is 1.67 bits per heavy atom. The van der Waals surface area contributed by atoms with E-state index in [9.17, 15) is 4.79 Å². The van der Waals surface area contributed by atoms with Gasteiger partial charge in [-0.2, -0.15) is 0 Å². The quantitative estimate of drug-likeness (QED) is 0.468. The van der Waals surface area contributed by atoms with Crippen molar-refractivity contribution in [1.82, 2.24) is 4.98 Å². The molecule has 6 nitrogen and oxygen atoms in total. The average molecular weight is 427 g/mol. The van der Waals surface area contributed by atoms with Crippen LogP contribution in [-0.2, 0) is 11.3 Å². The fourth-order valence-electron chi connectivity index (χ4n) is 2.91. The standard InChI is InChI=1S/C23H26N2O4S/c1-23(2,3)29-22(26)16-6-8-17(9-7-16)25(14-19-13-24-15-30-19)18-10-11-20(27-4)21(12-18)28-5/h6-13,15H,14H2,1-5H3. The van der Waals surface area contributed by atoms with Gasteiger partial charge in [-0.05, 0) is 57.2 Å². The van der Waals surface area contributed by atoms with Crippen molar-refractivity contribution in [2.24, 2.45) is 0 Å². The van der Waals surface area contributed by atoms with Gasteiger partial charge in [0.15, 0.2) is 11.5 Å². The van der Waals surface area contributed by atoms with Gasteiger partial charge >= 0.3 is 5.97 Å². The summed E-state index contributed by atoms with van der Waals surface area (Å²) in [4.78, 5) is 19.8. The van der Waals surface area contributed by atoms with E-state index in [4.69, 9.17) is 14.2 Å². The number of anilines is 2. The van der Waals surface area contributed by atoms with Crippen molar-refractivity contribution in [1.29, 1.82) is 0 Å². The lowest BCUT2D eigenvalue weighted by molar-refractivity contribution is 0.00695. The van der Waals surface area contributed by atoms with Gasteiger partial charge in [0.1, 0.15) is 5.60 Å². The number of thiazole rings is 1. The summed E-state index contributed by atoms with van der Waals surface area (Å²) in [5.41, 5.74) is 3.66. The number of methoxy groups -OCH3 is 2. The lowest BCUT2D eigenvalue weighted by Crippen LogP contribution is -2.24. The summed E-state index contributed by atoms with van der Waals surface area (Å²) in [5, 5.41) is 0. The van der Waals surface area contributed by atoms with Crippen molar-refractivity contribution in [3.63, 3.8) is 0 Å². The molecule has 0 fully saturated rings. The average Bonchev–Trinajstić information content (AvgIpc) is 3.23. The number of hydrogen-bond donors (Lipinski definition) is 0. The normalized spacial score (nSPS) is 11.1. The van der Waals surface area contributed by atoms with E-state index in [-0.39, 0.29) is 5.97 Å². The Morgan fingerprint density at radius 3 is 2.23 bits per heavy atom. The molecule has 0 N–H and O–H groups in total. The van der Waals surface area contributed by atoms with Gasteiger partial charge in [0.2, 0.25) is 0 Å². The van der Waals surface area contributed by atoms with Crippen molar-refractivity contribution in [2.75, 3.05) is 19.1 Å². The SMILES string of the molecule is COc1ccc(N(Cc2cncs2)c2ccc(C(=O)OC(C)(C)C)cc2)cc1OC. The molecule has 1 aromatic heterocycles. The predicted octanol–water partition coefficient (Wildman–Crippen LogP) is 5.45. The van der Waals surface area contributed by atoms with Crippen LogP contribution >= 0.6 is 11.3 Å². The minimum absolute atomic E-state index is 0.339. The van der Waals surface area contributed by atoms with E-state index < -0.39 is 5.60 Å². The molecule has 30 heavy (non-hydrogen) atoms. The first-order valence-corrected chi connectivity index (χ1v) is 10.4. The molecule has 3 aromatic rings. The number of rotatable bonds is 7. The van der Waals surface area contributed by atoms with Crippen LogP contribution in [0.3, 0.4) is 0 Å². The number of aromatic nitrogens is 1. The van der Waals surface area contributed by atoms with E-state index in [1.54, 1.807) is 37.7 Å². The molecule has 2 aromatic carbocycles. The van der Waals surface area contributed by atoms with E-state index in [1.165, 1.54) is 0 Å². The summed E-state index contributed by atoms with van der Waals surface area (Å²) >= 11 is 1.59. The van der Waals surface area contributed by atoms with Crippen molar-refractivity contribution < 1.29 is 19.0 Å². The maximum absolute atomic E-state index is 12.3. The molecule has 1 heterocycles. The topological polar surface area (TPSA) is 60.9 Å². The molecule has 0 atom stereocenters. The lowest BCUT2D eigenvalue weighted by Gasteiger charge is -2.26. The van der Waals surface area contributed by atoms with Crippen LogP contribution in [0.4, 0.5) is 11.4 Å². The second-order valence-corrected chi connectivity index (χ2v) is 8.61. The third-order valence-corrected chi connectivity index (χ3v) is 5.05. The monoisotopic (exact) mass is 426 g/mol. The highest BCUT2D eigenvalue weighted by Gasteiger charge is 2.19. The van der Waals surface area contributed by atoms with E-state index in [0.717, 1.165) is 16.3 Å². The Hall–Kier alpha value is -3.06. The van der Waals surface area contributed by atoms with E-state index in [2.05, 4.69) is 9.88 Å². The van der Waals surface area contributed by atoms with Gasteiger partial charge in [0.05, 0.1) is 31.8 Å². The highest BCUT2D eigenvalue weighted by molar-refractivity contribution is 7.09. The fraction of sp³-hybridized carbons (Fsp3) is 0.304. The van der Waals surface area contributed by atoms with Gasteiger partial charge in [-0.1, -0.05) is 0 Å². The van der Waals surface area contributed by atoms with Crippen LogP contribution in [0, 0.1) is 0 Å². The van der Waals surface area contributed by atoms with E-state index in [1.807, 2.05) is 62.8 Å². The molecule has 0 aliphatic heterocycles. The van der Waals surface area contributed by atoms with Crippen molar-refractivity contribution in [3.8, 4) is 11.5 Å². The van der Waals surface area contributed by atoms with Crippen LogP contribution in [0.25, 0.3) is 0 Å². The molecule has 0 spiro atoms. The number of benzene rings is 2. The third kappa shape index (κ3) is 5.30. The molecular weight excluding hydrogens is 400 g/mol. The van der Waals surface area contributed by atoms with Gasteiger partial charge in [-0.25, -0.2) is 4.79 Å². The number of carbonyl (C=O) groups excluding carboxylic acids is 1. The molecule has 0 amide bonds. The molecule has 0 aliphatic carbocycles. The molecule has 158 valence electrons. The lowest BCUT2D eigenvalue weighted by atomic mass is 10.1. The second kappa shape index (κ2) is 9.17. The summed E-state index contributed by atoms with van der Waals surface area (Å²) in [5.74, 6) is 0.975. The Bertz CT molecular complexity index is 979. The Labute approximate surface area is 181 Å². The van der Waals surface area contributed by atoms with Crippen LogP contribution in [0.1, 0.15) is 36.0 Å². The molecule has 0 saturated carbocycles. The van der Waals surface area contributed by atoms with Crippen molar-refractivity contribution >= 4 is 28.7 Å². The number of ether oxygens (including phenoxy) is 3. The summed E-state index contributed by atoms with van der Waals surface area (Å²) in [6, 6.07) is 13.2. The largest absolute Gasteiger partial charge is 0.493 e. The Balaban J connectivity index is 1.94. The first-order chi connectivity index (χ1) is 14.3. The number of carbonyl (C=O) groups is 1. The fourth-order valence-corrected chi connectivity index (χ4v) is 3.50. The first-order valence-electron chi connectivity index (χ1n) is 9.51. The molecule has 0 aliphatic rings. The minimum Gasteiger partial charge on any atom is -0.493 e. The minimum atomic E-state index is -0.534. The smallest absolute Gasteiger partial charge is 0.338 e. The molecule has 0 saturated heterocycles. The second-order valence-electron chi connectivity index (χ2n) is 7.64. The van der Waals surface area contributed by atoms with Gasteiger partial charge in [0.25, 0.3) is 0 Å². The van der Waals surface area contributed by atoms with Gasteiger partial charge < -0.3 is 19.1 Å². The third-order valence-electron chi connectivity index (χ3n) is 4.29. The highest BCUT2D eigenvalue weighted by Crippen LogP contribution is 2.36. The summed E-state index contributed by atoms with van der Waals surface area (Å²) in [7, 11) is 3.23. The molecule has 0 bridgehead atoms. The van der Waals surface area contributed by atoms with Crippen LogP contribution in [0.15, 0.2) is 54.2 Å². The predicted molar refractivity (Wildman–Crippen MR) is 119 cm³/mol. The van der Waals surface area contributed by atoms with Crippen LogP contribution in [0.5, 0.6) is 11.5 Å². The van der Waals surface area contributed by atoms with Gasteiger partial charge in [-0.15, -0.1) is 11.3 Å². The molecule has 3 rings (SSSR count). The van der Waals surface area contributed by atoms with Crippen molar-refractivity contribution in [2.45, 2.75) is 32.9 Å². The highest BCUT2D eigenvalue weighted by atomic mass is 32.1. The zero-order valence-electron chi connectivity index (χ0n) is 17.8. The van der Waals surface area contributed by atoms with Gasteiger partial charge in [-0.3, -0.25) is 4.98 Å². The van der Waals surface area contributed by atoms with E-state index in [0.29, 0.717) is 23.6 Å². The molecule has 0 radical (unpaired) electrons. The van der Waals surface area contributed by atoms with Crippen LogP contribution in [-0.4, -0.2) is 30.8 Å². The van der Waals surface area contributed by atoms with Crippen LogP contribution in [0.2, 0.25) is 0 Å². The van der Waals surface area contributed by atoms with E-state index >= 15 is 0 Å². The Kier molecular flexibility index (Phi) is 6.62. The van der Waals surface area contributed by atoms with Gasteiger partial charge in [0, 0.05) is 28.5 Å². The number of nitrogens with zero attached hydrogens (tertiary/aromatic N) is 2. The van der Waals surface area contributed by atoms with Crippen LogP contribution < -0.4 is 14.4 Å². The Morgan fingerprint density at radius 1 is 1.00 bits per heavy atom. The maximum Gasteiger partial charge on any atom is 0.338 e. The zero-order valence-corrected chi connectivity index (χ0v) is 18.7. The molecule has 7 heteroatoms.